The zero-order valence-electron chi connectivity index (χ0n) is 9.22. The standard InChI is InChI=1S/C12H18O2/c1-9(2)6-5-7-12(4)8-11(13)14-10(12)3/h6H,3,5,7-8H2,1-2,4H3. The summed E-state index contributed by atoms with van der Waals surface area (Å²) in [6, 6.07) is 0. The summed E-state index contributed by atoms with van der Waals surface area (Å²) in [7, 11) is 0. The van der Waals surface area contributed by atoms with Gasteiger partial charge in [-0.2, -0.15) is 0 Å². The highest BCUT2D eigenvalue weighted by molar-refractivity contribution is 5.75. The van der Waals surface area contributed by atoms with Crippen LogP contribution in [-0.4, -0.2) is 5.97 Å². The van der Waals surface area contributed by atoms with Crippen molar-refractivity contribution in [2.75, 3.05) is 0 Å². The molecule has 0 spiro atoms. The molecule has 1 atom stereocenters. The molecule has 0 aromatic heterocycles. The molecule has 0 aliphatic carbocycles. The molecule has 78 valence electrons. The molecule has 0 N–H and O–H groups in total. The van der Waals surface area contributed by atoms with Crippen LogP contribution in [0.2, 0.25) is 0 Å². The van der Waals surface area contributed by atoms with Gasteiger partial charge in [0.15, 0.2) is 0 Å². The van der Waals surface area contributed by atoms with Gasteiger partial charge in [0.05, 0.1) is 6.42 Å². The molecule has 1 saturated heterocycles. The average Bonchev–Trinajstić information content (AvgIpc) is 2.25. The first-order valence-corrected chi connectivity index (χ1v) is 4.97. The van der Waals surface area contributed by atoms with Gasteiger partial charge < -0.3 is 4.74 Å². The normalized spacial score (nSPS) is 26.2. The number of rotatable bonds is 3. The van der Waals surface area contributed by atoms with Gasteiger partial charge in [-0.05, 0) is 26.7 Å². The van der Waals surface area contributed by atoms with Gasteiger partial charge in [0.25, 0.3) is 0 Å². The Morgan fingerprint density at radius 3 is 2.71 bits per heavy atom. The summed E-state index contributed by atoms with van der Waals surface area (Å²) in [5.41, 5.74) is 1.16. The van der Waals surface area contributed by atoms with Crippen molar-refractivity contribution in [3.63, 3.8) is 0 Å². The summed E-state index contributed by atoms with van der Waals surface area (Å²) in [5.74, 6) is 0.486. The van der Waals surface area contributed by atoms with Crippen molar-refractivity contribution in [3.8, 4) is 0 Å². The van der Waals surface area contributed by atoms with E-state index in [4.69, 9.17) is 4.74 Å². The van der Waals surface area contributed by atoms with Gasteiger partial charge in [0.1, 0.15) is 5.76 Å². The van der Waals surface area contributed by atoms with E-state index < -0.39 is 0 Å². The minimum absolute atomic E-state index is 0.144. The third kappa shape index (κ3) is 2.47. The van der Waals surface area contributed by atoms with E-state index in [1.165, 1.54) is 5.57 Å². The Kier molecular flexibility index (Phi) is 3.14. The lowest BCUT2D eigenvalue weighted by molar-refractivity contribution is -0.135. The van der Waals surface area contributed by atoms with Gasteiger partial charge in [-0.15, -0.1) is 0 Å². The van der Waals surface area contributed by atoms with Crippen LogP contribution < -0.4 is 0 Å². The zero-order valence-corrected chi connectivity index (χ0v) is 9.22. The van der Waals surface area contributed by atoms with Crippen LogP contribution in [0.15, 0.2) is 24.0 Å². The van der Waals surface area contributed by atoms with Crippen LogP contribution in [0.1, 0.15) is 40.0 Å². The number of cyclic esters (lactones) is 1. The van der Waals surface area contributed by atoms with Gasteiger partial charge in [-0.25, -0.2) is 0 Å². The lowest BCUT2D eigenvalue weighted by Crippen LogP contribution is -2.13. The predicted octanol–water partition coefficient (Wildman–Crippen LogP) is 3.20. The first-order chi connectivity index (χ1) is 6.44. The number of hydrogen-bond donors (Lipinski definition) is 0. The van der Waals surface area contributed by atoms with Gasteiger partial charge >= 0.3 is 5.97 Å². The molecule has 1 aliphatic heterocycles. The van der Waals surface area contributed by atoms with E-state index in [2.05, 4.69) is 26.5 Å². The van der Waals surface area contributed by atoms with Crippen LogP contribution in [0.5, 0.6) is 0 Å². The Morgan fingerprint density at radius 1 is 1.64 bits per heavy atom. The Labute approximate surface area is 85.6 Å². The maximum atomic E-state index is 11.1. The van der Waals surface area contributed by atoms with Gasteiger partial charge in [-0.1, -0.05) is 25.2 Å². The summed E-state index contributed by atoms with van der Waals surface area (Å²) in [5, 5.41) is 0. The lowest BCUT2D eigenvalue weighted by Gasteiger charge is -2.20. The Balaban J connectivity index is 2.55. The van der Waals surface area contributed by atoms with E-state index in [1.807, 2.05) is 6.92 Å². The molecule has 1 rings (SSSR count). The molecule has 2 nitrogen and oxygen atoms in total. The molecule has 1 unspecified atom stereocenters. The monoisotopic (exact) mass is 194 g/mol. The van der Waals surface area contributed by atoms with Crippen LogP contribution in [-0.2, 0) is 9.53 Å². The largest absolute Gasteiger partial charge is 0.431 e. The van der Waals surface area contributed by atoms with Crippen molar-refractivity contribution >= 4 is 5.97 Å². The van der Waals surface area contributed by atoms with Gasteiger partial charge in [0.2, 0.25) is 0 Å². The van der Waals surface area contributed by atoms with Crippen LogP contribution >= 0.6 is 0 Å². The van der Waals surface area contributed by atoms with Crippen molar-refractivity contribution in [1.82, 2.24) is 0 Å². The molecule has 2 heteroatoms. The average molecular weight is 194 g/mol. The topological polar surface area (TPSA) is 26.3 Å². The summed E-state index contributed by atoms with van der Waals surface area (Å²) in [4.78, 5) is 11.1. The van der Waals surface area contributed by atoms with E-state index >= 15 is 0 Å². The highest BCUT2D eigenvalue weighted by Gasteiger charge is 2.39. The van der Waals surface area contributed by atoms with Crippen molar-refractivity contribution in [1.29, 1.82) is 0 Å². The third-order valence-corrected chi connectivity index (χ3v) is 2.69. The molecular formula is C12H18O2. The van der Waals surface area contributed by atoms with Crippen molar-refractivity contribution in [3.05, 3.63) is 24.0 Å². The Morgan fingerprint density at radius 2 is 2.29 bits per heavy atom. The molecule has 0 saturated carbocycles. The second-order valence-electron chi connectivity index (χ2n) is 4.45. The smallest absolute Gasteiger partial charge is 0.311 e. The number of carbonyl (C=O) groups is 1. The summed E-state index contributed by atoms with van der Waals surface area (Å²) < 4.78 is 4.98. The fourth-order valence-corrected chi connectivity index (χ4v) is 1.62. The molecular weight excluding hydrogens is 176 g/mol. The maximum Gasteiger partial charge on any atom is 0.311 e. The highest BCUT2D eigenvalue weighted by atomic mass is 16.5. The van der Waals surface area contributed by atoms with Crippen LogP contribution in [0.3, 0.4) is 0 Å². The lowest BCUT2D eigenvalue weighted by atomic mass is 9.82. The number of ether oxygens (including phenoxy) is 1. The minimum Gasteiger partial charge on any atom is -0.431 e. The molecule has 1 aliphatic rings. The zero-order chi connectivity index (χ0) is 10.8. The Bertz CT molecular complexity index is 285. The fraction of sp³-hybridized carbons (Fsp3) is 0.583. The first-order valence-electron chi connectivity index (χ1n) is 4.97. The maximum absolute atomic E-state index is 11.1. The second-order valence-corrected chi connectivity index (χ2v) is 4.45. The number of hydrogen-bond acceptors (Lipinski definition) is 2. The Hall–Kier alpha value is -1.05. The molecule has 1 heterocycles. The molecule has 1 fully saturated rings. The predicted molar refractivity (Wildman–Crippen MR) is 56.6 cm³/mol. The second kappa shape index (κ2) is 3.99. The SMILES string of the molecule is C=C1OC(=O)CC1(C)CCC=C(C)C. The molecule has 0 radical (unpaired) electrons. The van der Waals surface area contributed by atoms with Crippen molar-refractivity contribution in [2.45, 2.75) is 40.0 Å². The summed E-state index contributed by atoms with van der Waals surface area (Å²) >= 11 is 0. The van der Waals surface area contributed by atoms with Crippen LogP contribution in [0.25, 0.3) is 0 Å². The fourth-order valence-electron chi connectivity index (χ4n) is 1.62. The van der Waals surface area contributed by atoms with Crippen LogP contribution in [0.4, 0.5) is 0 Å². The molecule has 0 bridgehead atoms. The highest BCUT2D eigenvalue weighted by Crippen LogP contribution is 2.41. The minimum atomic E-state index is -0.150. The van der Waals surface area contributed by atoms with E-state index in [0.29, 0.717) is 12.2 Å². The van der Waals surface area contributed by atoms with Gasteiger partial charge in [-0.3, -0.25) is 4.79 Å². The van der Waals surface area contributed by atoms with Crippen LogP contribution in [0, 0.1) is 5.41 Å². The molecule has 0 aromatic carbocycles. The van der Waals surface area contributed by atoms with E-state index in [-0.39, 0.29) is 11.4 Å². The van der Waals surface area contributed by atoms with Crippen molar-refractivity contribution in [2.24, 2.45) is 5.41 Å². The number of esters is 1. The van der Waals surface area contributed by atoms with Gasteiger partial charge in [0, 0.05) is 5.41 Å². The number of allylic oxidation sites excluding steroid dienone is 3. The molecule has 0 amide bonds. The molecule has 0 aromatic rings. The molecule has 14 heavy (non-hydrogen) atoms. The van der Waals surface area contributed by atoms with E-state index in [0.717, 1.165) is 12.8 Å². The third-order valence-electron chi connectivity index (χ3n) is 2.69. The summed E-state index contributed by atoms with van der Waals surface area (Å²) in [6.45, 7) is 9.99. The van der Waals surface area contributed by atoms with E-state index in [9.17, 15) is 4.79 Å². The van der Waals surface area contributed by atoms with Crippen molar-refractivity contribution < 1.29 is 9.53 Å². The summed E-state index contributed by atoms with van der Waals surface area (Å²) in [6.07, 6.45) is 4.57. The first kappa shape index (κ1) is 11.0. The number of carbonyl (C=O) groups excluding carboxylic acids is 1. The van der Waals surface area contributed by atoms with E-state index in [1.54, 1.807) is 0 Å². The quantitative estimate of drug-likeness (QED) is 0.509.